The molecule has 0 fully saturated rings. The number of aromatic nitrogens is 6. The van der Waals surface area contributed by atoms with Gasteiger partial charge in [0.25, 0.3) is 11.1 Å². The van der Waals surface area contributed by atoms with Crippen LogP contribution in [0.15, 0.2) is 46.6 Å². The van der Waals surface area contributed by atoms with E-state index < -0.39 is 65.5 Å². The van der Waals surface area contributed by atoms with E-state index in [1.165, 1.54) is 0 Å². The van der Waals surface area contributed by atoms with E-state index in [4.69, 9.17) is 0 Å². The molecule has 1 aromatic carbocycles. The van der Waals surface area contributed by atoms with Crippen LogP contribution >= 0.6 is 0 Å². The van der Waals surface area contributed by atoms with Crippen LogP contribution in [0.25, 0.3) is 22.2 Å². The van der Waals surface area contributed by atoms with Crippen molar-refractivity contribution in [3.8, 4) is 11.3 Å². The van der Waals surface area contributed by atoms with E-state index >= 15 is 0 Å². The highest BCUT2D eigenvalue weighted by Gasteiger charge is 2.38. The van der Waals surface area contributed by atoms with E-state index in [1.807, 2.05) is 0 Å². The lowest BCUT2D eigenvalue weighted by molar-refractivity contribution is -0.141. The number of aryl methyl sites for hydroxylation is 1. The average molecular weight is 623 g/mol. The van der Waals surface area contributed by atoms with Crippen molar-refractivity contribution in [1.82, 2.24) is 29.7 Å². The fourth-order valence-electron chi connectivity index (χ4n) is 4.05. The third-order valence-corrected chi connectivity index (χ3v) is 6.01. The molecule has 10 nitrogen and oxygen atoms in total. The Morgan fingerprint density at radius 2 is 1.72 bits per heavy atom. The fraction of sp³-hybridized carbons (Fsp3) is 0.333. The van der Waals surface area contributed by atoms with Crippen molar-refractivity contribution < 1.29 is 44.3 Å². The van der Waals surface area contributed by atoms with Gasteiger partial charge in [0.1, 0.15) is 11.4 Å². The molecule has 0 aliphatic rings. The van der Waals surface area contributed by atoms with Gasteiger partial charge in [-0.05, 0) is 25.0 Å². The maximum absolute atomic E-state index is 14.9. The second-order valence-corrected chi connectivity index (χ2v) is 8.94. The van der Waals surface area contributed by atoms with E-state index in [-0.39, 0.29) is 41.5 Å². The van der Waals surface area contributed by atoms with Gasteiger partial charge < -0.3 is 10.1 Å². The van der Waals surface area contributed by atoms with Crippen LogP contribution < -0.4 is 16.4 Å². The van der Waals surface area contributed by atoms with Crippen LogP contribution in [0.4, 0.5) is 45.2 Å². The highest BCUT2D eigenvalue weighted by molar-refractivity contribution is 5.83. The molecule has 4 rings (SSSR count). The largest absolute Gasteiger partial charge is 0.434 e. The van der Waals surface area contributed by atoms with Crippen molar-refractivity contribution in [2.24, 2.45) is 0 Å². The molecule has 0 aliphatic heterocycles. The summed E-state index contributed by atoms with van der Waals surface area (Å²) in [6, 6.07) is 0.728. The van der Waals surface area contributed by atoms with Crippen molar-refractivity contribution in [3.63, 3.8) is 0 Å². The predicted molar refractivity (Wildman–Crippen MR) is 130 cm³/mol. The third-order valence-electron chi connectivity index (χ3n) is 6.01. The van der Waals surface area contributed by atoms with Crippen molar-refractivity contribution >= 4 is 16.6 Å². The standard InChI is InChI=1S/C24H18F9N7O3/c25-14-4-13-15(5-12(14)16-6-35-18(8-34-16)23(28,29)30)36-10-40(21(13)42)3-1-2-11(9-43-22(26)27)38-17-7-37-39-20(41)19(17)24(31,32)33/h4-8,10-11,22H,1-3,9H2,(H2,38,39,41). The smallest absolute Gasteiger partial charge is 0.378 e. The Balaban J connectivity index is 1.52. The van der Waals surface area contributed by atoms with E-state index in [2.05, 4.69) is 30.1 Å². The highest BCUT2D eigenvalue weighted by atomic mass is 19.4. The summed E-state index contributed by atoms with van der Waals surface area (Å²) >= 11 is 0. The number of nitrogens with zero attached hydrogens (tertiary/aromatic N) is 5. The van der Waals surface area contributed by atoms with Crippen molar-refractivity contribution in [2.75, 3.05) is 11.9 Å². The Bertz CT molecular complexity index is 1700. The zero-order valence-corrected chi connectivity index (χ0v) is 21.3. The maximum atomic E-state index is 14.9. The van der Waals surface area contributed by atoms with Crippen LogP contribution in [-0.2, 0) is 23.6 Å². The minimum Gasteiger partial charge on any atom is -0.378 e. The number of hydrogen-bond acceptors (Lipinski definition) is 8. The quantitative estimate of drug-likeness (QED) is 0.245. The van der Waals surface area contributed by atoms with Crippen molar-refractivity contribution in [1.29, 1.82) is 0 Å². The summed E-state index contributed by atoms with van der Waals surface area (Å²) in [6.45, 7) is -4.15. The first kappa shape index (κ1) is 31.4. The molecule has 0 amide bonds. The summed E-state index contributed by atoms with van der Waals surface area (Å²) in [5, 5.41) is 7.07. The number of fused-ring (bicyclic) bond motifs is 1. The van der Waals surface area contributed by atoms with Crippen LogP contribution in [0.3, 0.4) is 0 Å². The molecule has 0 bridgehead atoms. The van der Waals surface area contributed by atoms with Gasteiger partial charge in [-0.15, -0.1) is 0 Å². The number of ether oxygens (including phenoxy) is 1. The number of rotatable bonds is 10. The first-order valence-electron chi connectivity index (χ1n) is 12.0. The molecule has 0 radical (unpaired) electrons. The molecule has 1 unspecified atom stereocenters. The third kappa shape index (κ3) is 7.46. The predicted octanol–water partition coefficient (Wildman–Crippen LogP) is 4.61. The topological polar surface area (TPSA) is 128 Å². The first-order chi connectivity index (χ1) is 20.1. The van der Waals surface area contributed by atoms with E-state index in [0.717, 1.165) is 29.2 Å². The SMILES string of the molecule is O=c1[nH]ncc(NC(CCCn2cnc3cc(-c4cnc(C(F)(F)F)cn4)c(F)cc3c2=O)COC(F)F)c1C(F)(F)F. The number of halogens is 9. The Kier molecular flexibility index (Phi) is 9.02. The molecule has 19 heteroatoms. The van der Waals surface area contributed by atoms with Crippen molar-refractivity contribution in [3.05, 3.63) is 74.8 Å². The molecule has 4 aromatic rings. The van der Waals surface area contributed by atoms with Crippen LogP contribution in [-0.4, -0.2) is 49.0 Å². The minimum absolute atomic E-state index is 0.00294. The molecule has 0 spiro atoms. The minimum atomic E-state index is -5.09. The lowest BCUT2D eigenvalue weighted by Gasteiger charge is -2.22. The summed E-state index contributed by atoms with van der Waals surface area (Å²) in [7, 11) is 0. The zero-order chi connectivity index (χ0) is 31.5. The number of nitrogens with one attached hydrogen (secondary N) is 2. The van der Waals surface area contributed by atoms with Gasteiger partial charge in [0, 0.05) is 18.2 Å². The average Bonchev–Trinajstić information content (AvgIpc) is 2.91. The van der Waals surface area contributed by atoms with Gasteiger partial charge in [0.05, 0.1) is 53.8 Å². The van der Waals surface area contributed by atoms with E-state index in [9.17, 15) is 49.1 Å². The molecule has 0 aliphatic carbocycles. The van der Waals surface area contributed by atoms with Crippen molar-refractivity contribution in [2.45, 2.75) is 44.4 Å². The van der Waals surface area contributed by atoms with E-state index in [1.54, 1.807) is 5.10 Å². The summed E-state index contributed by atoms with van der Waals surface area (Å²) in [4.78, 5) is 35.5. The van der Waals surface area contributed by atoms with Crippen LogP contribution in [0.1, 0.15) is 24.1 Å². The maximum Gasteiger partial charge on any atom is 0.434 e. The summed E-state index contributed by atoms with van der Waals surface area (Å²) in [6.07, 6.45) is -7.10. The summed E-state index contributed by atoms with van der Waals surface area (Å²) in [5.74, 6) is -1.00. The van der Waals surface area contributed by atoms with Gasteiger partial charge in [-0.2, -0.15) is 40.2 Å². The summed E-state index contributed by atoms with van der Waals surface area (Å²) in [5.41, 5.74) is -6.50. The molecule has 3 heterocycles. The molecule has 230 valence electrons. The highest BCUT2D eigenvalue weighted by Crippen LogP contribution is 2.32. The molecular weight excluding hydrogens is 605 g/mol. The number of H-pyrrole nitrogens is 1. The molecule has 1 atom stereocenters. The number of anilines is 1. The first-order valence-corrected chi connectivity index (χ1v) is 12.0. The summed E-state index contributed by atoms with van der Waals surface area (Å²) < 4.78 is 124. The molecule has 0 saturated carbocycles. The molecule has 3 aromatic heterocycles. The Morgan fingerprint density at radius 1 is 0.977 bits per heavy atom. The Labute approximate surface area is 233 Å². The molecule has 43 heavy (non-hydrogen) atoms. The van der Waals surface area contributed by atoms with Crippen LogP contribution in [0.5, 0.6) is 0 Å². The van der Waals surface area contributed by atoms with Gasteiger partial charge >= 0.3 is 19.0 Å². The van der Waals surface area contributed by atoms with Gasteiger partial charge in [-0.25, -0.2) is 19.5 Å². The lowest BCUT2D eigenvalue weighted by atomic mass is 10.1. The van der Waals surface area contributed by atoms with Crippen LogP contribution in [0.2, 0.25) is 0 Å². The number of hydrogen-bond donors (Lipinski definition) is 2. The van der Waals surface area contributed by atoms with E-state index in [0.29, 0.717) is 12.4 Å². The zero-order valence-electron chi connectivity index (χ0n) is 21.3. The molecular formula is C24H18F9N7O3. The fourth-order valence-corrected chi connectivity index (χ4v) is 4.05. The lowest BCUT2D eigenvalue weighted by Crippen LogP contribution is -2.32. The number of benzene rings is 1. The van der Waals surface area contributed by atoms with Gasteiger partial charge in [0.2, 0.25) is 0 Å². The second-order valence-electron chi connectivity index (χ2n) is 8.94. The number of aromatic amines is 1. The normalized spacial score (nSPS) is 13.1. The van der Waals surface area contributed by atoms with Crippen LogP contribution in [0, 0.1) is 5.82 Å². The molecule has 0 saturated heterocycles. The van der Waals surface area contributed by atoms with Gasteiger partial charge in [-0.1, -0.05) is 0 Å². The van der Waals surface area contributed by atoms with Gasteiger partial charge in [-0.3, -0.25) is 19.1 Å². The monoisotopic (exact) mass is 623 g/mol. The molecule has 2 N–H and O–H groups in total. The second kappa shape index (κ2) is 12.4. The Hall–Kier alpha value is -4.55. The van der Waals surface area contributed by atoms with Gasteiger partial charge in [0.15, 0.2) is 5.69 Å². The Morgan fingerprint density at radius 3 is 2.35 bits per heavy atom. The number of alkyl halides is 8.